The summed E-state index contributed by atoms with van der Waals surface area (Å²) >= 11 is 12.5. The van der Waals surface area contributed by atoms with Crippen LogP contribution in [0.4, 0.5) is 14.5 Å². The van der Waals surface area contributed by atoms with Gasteiger partial charge in [-0.3, -0.25) is 0 Å². The summed E-state index contributed by atoms with van der Waals surface area (Å²) in [5.74, 6) is -0.152. The van der Waals surface area contributed by atoms with Gasteiger partial charge in [-0.1, -0.05) is 35.3 Å². The van der Waals surface area contributed by atoms with Gasteiger partial charge in [0.15, 0.2) is 0 Å². The highest BCUT2D eigenvalue weighted by Crippen LogP contribution is 2.36. The van der Waals surface area contributed by atoms with E-state index in [1.54, 1.807) is 24.3 Å². The van der Waals surface area contributed by atoms with Crippen molar-refractivity contribution in [2.45, 2.75) is 6.04 Å². The summed E-state index contributed by atoms with van der Waals surface area (Å²) in [6.45, 7) is 0. The first kappa shape index (κ1) is 21.1. The summed E-state index contributed by atoms with van der Waals surface area (Å²) in [5.41, 5.74) is 1.44. The average Bonchev–Trinajstić information content (AvgIpc) is 3.23. The Balaban J connectivity index is 1.79. The van der Waals surface area contributed by atoms with Crippen molar-refractivity contribution in [1.29, 1.82) is 0 Å². The van der Waals surface area contributed by atoms with E-state index in [9.17, 15) is 8.78 Å². The van der Waals surface area contributed by atoms with Crippen LogP contribution >= 0.6 is 23.2 Å². The Bertz CT molecular complexity index is 1230. The van der Waals surface area contributed by atoms with E-state index >= 15 is 0 Å². The minimum atomic E-state index is -0.768. The molecule has 0 aliphatic rings. The van der Waals surface area contributed by atoms with Crippen LogP contribution in [0.2, 0.25) is 10.0 Å². The number of anilines is 1. The molecule has 4 aromatic rings. The van der Waals surface area contributed by atoms with Crippen molar-refractivity contribution in [2.75, 3.05) is 12.4 Å². The van der Waals surface area contributed by atoms with Gasteiger partial charge in [0.1, 0.15) is 23.4 Å². The maximum atomic E-state index is 13.6. The van der Waals surface area contributed by atoms with Crippen molar-refractivity contribution in [3.8, 4) is 17.2 Å². The van der Waals surface area contributed by atoms with E-state index in [0.29, 0.717) is 27.6 Å². The zero-order valence-corrected chi connectivity index (χ0v) is 17.6. The Hall–Kier alpha value is -3.16. The van der Waals surface area contributed by atoms with Gasteiger partial charge in [0, 0.05) is 21.2 Å². The van der Waals surface area contributed by atoms with Gasteiger partial charge in [0.2, 0.25) is 11.8 Å². The largest absolute Gasteiger partial charge is 0.495 e. The third kappa shape index (κ3) is 4.62. The quantitative estimate of drug-likeness (QED) is 0.353. The monoisotopic (exact) mass is 461 g/mol. The molecule has 0 bridgehead atoms. The molecule has 3 aromatic carbocycles. The molecule has 0 amide bonds. The standard InChI is InChI=1S/C22H15Cl2F2N3O2/c1-30-19-8-5-13(23)10-18(19)27-20(16-7-6-15(26)11-17(16)24)22-29-28-21(31-22)12-3-2-4-14(25)9-12/h2-11,20,27H,1H3/t20-/m0/s1. The number of hydrogen-bond donors (Lipinski definition) is 1. The Morgan fingerprint density at radius 3 is 2.52 bits per heavy atom. The number of rotatable bonds is 6. The van der Waals surface area contributed by atoms with Crippen LogP contribution in [0.5, 0.6) is 5.75 Å². The van der Waals surface area contributed by atoms with E-state index < -0.39 is 17.7 Å². The maximum Gasteiger partial charge on any atom is 0.247 e. The lowest BCUT2D eigenvalue weighted by Crippen LogP contribution is -2.14. The van der Waals surface area contributed by atoms with E-state index in [1.807, 2.05) is 0 Å². The molecule has 1 heterocycles. The highest BCUT2D eigenvalue weighted by molar-refractivity contribution is 6.31. The second kappa shape index (κ2) is 8.91. The lowest BCUT2D eigenvalue weighted by molar-refractivity contribution is 0.415. The first-order valence-electron chi connectivity index (χ1n) is 9.09. The molecule has 4 rings (SSSR count). The number of hydrogen-bond acceptors (Lipinski definition) is 5. The third-order valence-electron chi connectivity index (χ3n) is 4.49. The molecule has 1 atom stereocenters. The highest BCUT2D eigenvalue weighted by Gasteiger charge is 2.25. The van der Waals surface area contributed by atoms with Crippen LogP contribution in [0.1, 0.15) is 17.5 Å². The summed E-state index contributed by atoms with van der Waals surface area (Å²) in [6, 6.07) is 14.0. The van der Waals surface area contributed by atoms with Gasteiger partial charge in [-0.25, -0.2) is 8.78 Å². The fourth-order valence-electron chi connectivity index (χ4n) is 3.05. The summed E-state index contributed by atoms with van der Waals surface area (Å²) in [6.07, 6.45) is 0. The molecule has 1 aromatic heterocycles. The molecule has 31 heavy (non-hydrogen) atoms. The lowest BCUT2D eigenvalue weighted by Gasteiger charge is -2.20. The molecule has 0 unspecified atom stereocenters. The van der Waals surface area contributed by atoms with Crippen LogP contribution in [-0.4, -0.2) is 17.3 Å². The van der Waals surface area contributed by atoms with E-state index in [2.05, 4.69) is 15.5 Å². The summed E-state index contributed by atoms with van der Waals surface area (Å²) < 4.78 is 38.5. The molecule has 0 fully saturated rings. The third-order valence-corrected chi connectivity index (χ3v) is 5.06. The van der Waals surface area contributed by atoms with Crippen LogP contribution in [0.25, 0.3) is 11.5 Å². The number of nitrogens with zero attached hydrogens (tertiary/aromatic N) is 2. The molecular formula is C22H15Cl2F2N3O2. The van der Waals surface area contributed by atoms with Gasteiger partial charge < -0.3 is 14.5 Å². The average molecular weight is 462 g/mol. The molecule has 0 aliphatic heterocycles. The van der Waals surface area contributed by atoms with Crippen molar-refractivity contribution < 1.29 is 17.9 Å². The Morgan fingerprint density at radius 2 is 1.77 bits per heavy atom. The van der Waals surface area contributed by atoms with E-state index in [-0.39, 0.29) is 16.8 Å². The van der Waals surface area contributed by atoms with Crippen LogP contribution < -0.4 is 10.1 Å². The molecule has 5 nitrogen and oxygen atoms in total. The summed E-state index contributed by atoms with van der Waals surface area (Å²) in [7, 11) is 1.52. The molecule has 0 saturated carbocycles. The summed E-state index contributed by atoms with van der Waals surface area (Å²) in [4.78, 5) is 0. The fourth-order valence-corrected chi connectivity index (χ4v) is 3.49. The van der Waals surface area contributed by atoms with Gasteiger partial charge in [-0.2, -0.15) is 0 Å². The molecule has 0 saturated heterocycles. The van der Waals surface area contributed by atoms with Crippen LogP contribution in [0, 0.1) is 11.6 Å². The predicted octanol–water partition coefficient (Wildman–Crippen LogP) is 6.53. The second-order valence-corrected chi connectivity index (χ2v) is 7.39. The van der Waals surface area contributed by atoms with Gasteiger partial charge in [-0.05, 0) is 48.5 Å². The Kier molecular flexibility index (Phi) is 6.06. The lowest BCUT2D eigenvalue weighted by atomic mass is 10.1. The van der Waals surface area contributed by atoms with Crippen LogP contribution in [0.3, 0.4) is 0 Å². The first-order valence-corrected chi connectivity index (χ1v) is 9.84. The number of ether oxygens (including phenoxy) is 1. The maximum absolute atomic E-state index is 13.6. The van der Waals surface area contributed by atoms with Crippen molar-refractivity contribution in [3.63, 3.8) is 0 Å². The van der Waals surface area contributed by atoms with Gasteiger partial charge >= 0.3 is 0 Å². The number of methoxy groups -OCH3 is 1. The number of benzene rings is 3. The van der Waals surface area contributed by atoms with Crippen LogP contribution in [0.15, 0.2) is 65.1 Å². The topological polar surface area (TPSA) is 60.2 Å². The fraction of sp³-hybridized carbons (Fsp3) is 0.0909. The molecule has 158 valence electrons. The smallest absolute Gasteiger partial charge is 0.247 e. The predicted molar refractivity (Wildman–Crippen MR) is 115 cm³/mol. The van der Waals surface area contributed by atoms with E-state index in [0.717, 1.165) is 0 Å². The molecule has 0 aliphatic carbocycles. The van der Waals surface area contributed by atoms with E-state index in [1.165, 1.54) is 43.5 Å². The zero-order valence-electron chi connectivity index (χ0n) is 16.1. The Labute approximate surface area is 186 Å². The number of halogens is 4. The van der Waals surface area contributed by atoms with Gasteiger partial charge in [-0.15, -0.1) is 10.2 Å². The second-order valence-electron chi connectivity index (χ2n) is 6.54. The number of nitrogens with one attached hydrogen (secondary N) is 1. The minimum Gasteiger partial charge on any atom is -0.495 e. The van der Waals surface area contributed by atoms with Crippen LogP contribution in [-0.2, 0) is 0 Å². The van der Waals surface area contributed by atoms with E-state index in [4.69, 9.17) is 32.4 Å². The van der Waals surface area contributed by atoms with Crippen molar-refractivity contribution in [2.24, 2.45) is 0 Å². The first-order chi connectivity index (χ1) is 14.9. The Morgan fingerprint density at radius 1 is 0.968 bits per heavy atom. The normalized spacial score (nSPS) is 11.9. The summed E-state index contributed by atoms with van der Waals surface area (Å²) in [5, 5.41) is 12.0. The molecule has 0 spiro atoms. The minimum absolute atomic E-state index is 0.123. The van der Waals surface area contributed by atoms with Gasteiger partial charge in [0.05, 0.1) is 12.8 Å². The molecule has 1 N–H and O–H groups in total. The molecule has 9 heteroatoms. The van der Waals surface area contributed by atoms with Crippen molar-refractivity contribution in [3.05, 3.63) is 93.8 Å². The van der Waals surface area contributed by atoms with Gasteiger partial charge in [0.25, 0.3) is 0 Å². The highest BCUT2D eigenvalue weighted by atomic mass is 35.5. The molecular weight excluding hydrogens is 447 g/mol. The molecule has 0 radical (unpaired) electrons. The van der Waals surface area contributed by atoms with Crippen molar-refractivity contribution in [1.82, 2.24) is 10.2 Å². The zero-order chi connectivity index (χ0) is 22.0. The van der Waals surface area contributed by atoms with Crippen molar-refractivity contribution >= 4 is 28.9 Å². The number of aromatic nitrogens is 2. The SMILES string of the molecule is COc1ccc(Cl)cc1N[C@H](c1nnc(-c2cccc(F)c2)o1)c1ccc(F)cc1Cl.